The van der Waals surface area contributed by atoms with Crippen LogP contribution in [0.2, 0.25) is 10.0 Å². The van der Waals surface area contributed by atoms with E-state index in [9.17, 15) is 4.79 Å². The lowest BCUT2D eigenvalue weighted by Gasteiger charge is -2.31. The molecule has 0 saturated carbocycles. The van der Waals surface area contributed by atoms with Crippen LogP contribution >= 0.6 is 35.4 Å². The van der Waals surface area contributed by atoms with Crippen LogP contribution in [0, 0.1) is 5.92 Å². The van der Waals surface area contributed by atoms with E-state index < -0.39 is 5.92 Å². The molecule has 7 heteroatoms. The van der Waals surface area contributed by atoms with E-state index >= 15 is 0 Å². The number of nitrogens with one attached hydrogen (secondary N) is 1. The number of carbonyl (C=O) groups excluding carboxylic acids is 1. The summed E-state index contributed by atoms with van der Waals surface area (Å²) < 4.78 is 5.13. The van der Waals surface area contributed by atoms with Crippen LogP contribution < -0.4 is 5.32 Å². The molecule has 2 unspecified atom stereocenters. The molecule has 0 amide bonds. The zero-order chi connectivity index (χ0) is 15.6. The van der Waals surface area contributed by atoms with E-state index in [-0.39, 0.29) is 12.0 Å². The zero-order valence-corrected chi connectivity index (χ0v) is 13.9. The van der Waals surface area contributed by atoms with Gasteiger partial charge >= 0.3 is 5.97 Å². The molecule has 0 fully saturated rings. The monoisotopic (exact) mass is 344 g/mol. The van der Waals surface area contributed by atoms with E-state index in [4.69, 9.17) is 40.2 Å². The predicted octanol–water partition coefficient (Wildman–Crippen LogP) is 3.56. The number of esters is 1. The Bertz CT molecular complexity index is 619. The molecule has 0 aromatic heterocycles. The Morgan fingerprint density at radius 2 is 2.14 bits per heavy atom. The Kier molecular flexibility index (Phi) is 5.19. The first-order chi connectivity index (χ1) is 9.93. The highest BCUT2D eigenvalue weighted by Crippen LogP contribution is 2.32. The largest absolute Gasteiger partial charge is 0.465 e. The summed E-state index contributed by atoms with van der Waals surface area (Å²) >= 11 is 17.1. The van der Waals surface area contributed by atoms with Crippen LogP contribution in [-0.2, 0) is 9.53 Å². The number of carbonyl (C=O) groups is 1. The van der Waals surface area contributed by atoms with Gasteiger partial charge in [0.05, 0.1) is 22.7 Å². The molecular formula is C14H14Cl2N2O2S. The first-order valence-corrected chi connectivity index (χ1v) is 7.57. The van der Waals surface area contributed by atoms with Crippen molar-refractivity contribution in [1.82, 2.24) is 5.32 Å². The van der Waals surface area contributed by atoms with Gasteiger partial charge in [-0.2, -0.15) is 0 Å². The number of aliphatic imine (C=N–C) groups is 1. The van der Waals surface area contributed by atoms with Gasteiger partial charge < -0.3 is 10.1 Å². The second kappa shape index (κ2) is 6.73. The van der Waals surface area contributed by atoms with Gasteiger partial charge in [-0.15, -0.1) is 0 Å². The molecule has 2 rings (SSSR count). The summed E-state index contributed by atoms with van der Waals surface area (Å²) in [4.78, 5) is 16.4. The fourth-order valence-electron chi connectivity index (χ4n) is 2.24. The fourth-order valence-corrected chi connectivity index (χ4v) is 2.82. The lowest BCUT2D eigenvalue weighted by molar-refractivity contribution is -0.146. The summed E-state index contributed by atoms with van der Waals surface area (Å²) in [5.41, 5.74) is 1.42. The van der Waals surface area contributed by atoms with Crippen molar-refractivity contribution in [3.63, 3.8) is 0 Å². The number of nitrogens with zero attached hydrogens (tertiary/aromatic N) is 1. The molecule has 112 valence electrons. The Morgan fingerprint density at radius 3 is 2.76 bits per heavy atom. The smallest absolute Gasteiger partial charge is 0.317 e. The second-order valence-electron chi connectivity index (χ2n) is 4.58. The fraction of sp³-hybridized carbons (Fsp3) is 0.357. The molecule has 0 saturated heterocycles. The number of thiocarbonyl (C=S) groups is 1. The van der Waals surface area contributed by atoms with Crippen LogP contribution in [-0.4, -0.2) is 23.4 Å². The molecule has 0 spiro atoms. The molecule has 0 aliphatic carbocycles. The van der Waals surface area contributed by atoms with Gasteiger partial charge in [-0.25, -0.2) is 4.99 Å². The molecule has 0 radical (unpaired) electrons. The normalized spacial score (nSPS) is 21.5. The number of halogens is 2. The highest BCUT2D eigenvalue weighted by molar-refractivity contribution is 7.80. The highest BCUT2D eigenvalue weighted by Gasteiger charge is 2.37. The number of ether oxygens (including phenoxy) is 1. The minimum absolute atomic E-state index is 0.307. The van der Waals surface area contributed by atoms with Crippen molar-refractivity contribution in [1.29, 1.82) is 0 Å². The highest BCUT2D eigenvalue weighted by atomic mass is 35.5. The van der Waals surface area contributed by atoms with E-state index in [1.807, 2.05) is 0 Å². The summed E-state index contributed by atoms with van der Waals surface area (Å²) in [6.07, 6.45) is 0. The molecular weight excluding hydrogens is 331 g/mol. The van der Waals surface area contributed by atoms with Crippen molar-refractivity contribution in [2.45, 2.75) is 19.9 Å². The SMILES string of the molecule is CCOC(=O)C1C(C)=NC(=S)NC1c1ccc(Cl)c(Cl)c1. The van der Waals surface area contributed by atoms with Gasteiger partial charge in [0.15, 0.2) is 5.11 Å². The maximum atomic E-state index is 12.2. The summed E-state index contributed by atoms with van der Waals surface area (Å²) in [5, 5.41) is 4.25. The van der Waals surface area contributed by atoms with Crippen LogP contribution in [0.1, 0.15) is 25.5 Å². The average molecular weight is 345 g/mol. The number of rotatable bonds is 3. The van der Waals surface area contributed by atoms with Crippen molar-refractivity contribution < 1.29 is 9.53 Å². The molecule has 1 aliphatic rings. The van der Waals surface area contributed by atoms with Crippen molar-refractivity contribution in [2.24, 2.45) is 10.9 Å². The lowest BCUT2D eigenvalue weighted by Crippen LogP contribution is -2.44. The molecule has 1 aliphatic heterocycles. The molecule has 21 heavy (non-hydrogen) atoms. The zero-order valence-electron chi connectivity index (χ0n) is 11.5. The van der Waals surface area contributed by atoms with Crippen molar-refractivity contribution >= 4 is 52.2 Å². The summed E-state index contributed by atoms with van der Waals surface area (Å²) in [7, 11) is 0. The van der Waals surface area contributed by atoms with E-state index in [1.54, 1.807) is 32.0 Å². The quantitative estimate of drug-likeness (QED) is 0.672. The number of benzene rings is 1. The van der Waals surface area contributed by atoms with Crippen LogP contribution in [0.25, 0.3) is 0 Å². The van der Waals surface area contributed by atoms with E-state index in [0.717, 1.165) is 5.56 Å². The average Bonchev–Trinajstić information content (AvgIpc) is 2.41. The summed E-state index contributed by atoms with van der Waals surface area (Å²) in [6, 6.07) is 4.84. The van der Waals surface area contributed by atoms with Gasteiger partial charge in [0, 0.05) is 5.71 Å². The lowest BCUT2D eigenvalue weighted by atomic mass is 9.88. The van der Waals surface area contributed by atoms with E-state index in [1.165, 1.54) is 0 Å². The van der Waals surface area contributed by atoms with Gasteiger partial charge in [-0.05, 0) is 43.8 Å². The van der Waals surface area contributed by atoms with Crippen LogP contribution in [0.5, 0.6) is 0 Å². The first-order valence-electron chi connectivity index (χ1n) is 6.41. The summed E-state index contributed by atoms with van der Waals surface area (Å²) in [6.45, 7) is 3.83. The number of hydrogen-bond acceptors (Lipinski definition) is 3. The first kappa shape index (κ1) is 16.2. The molecule has 1 N–H and O–H groups in total. The Labute approximate surface area is 138 Å². The topological polar surface area (TPSA) is 50.7 Å². The molecule has 0 bridgehead atoms. The molecule has 2 atom stereocenters. The standard InChI is InChI=1S/C14H14Cl2N2O2S/c1-3-20-13(19)11-7(2)17-14(21)18-12(11)8-4-5-9(15)10(16)6-8/h4-6,11-12H,3H2,1-2H3,(H,18,21). The van der Waals surface area contributed by atoms with Crippen LogP contribution in [0.15, 0.2) is 23.2 Å². The van der Waals surface area contributed by atoms with Gasteiger partial charge in [0.2, 0.25) is 0 Å². The Hall–Kier alpha value is -1.17. The van der Waals surface area contributed by atoms with Crippen molar-refractivity contribution in [3.8, 4) is 0 Å². The van der Waals surface area contributed by atoms with E-state index in [0.29, 0.717) is 27.5 Å². The third-order valence-electron chi connectivity index (χ3n) is 3.18. The van der Waals surface area contributed by atoms with Crippen molar-refractivity contribution in [3.05, 3.63) is 33.8 Å². The maximum Gasteiger partial charge on any atom is 0.317 e. The minimum Gasteiger partial charge on any atom is -0.465 e. The third-order valence-corrected chi connectivity index (χ3v) is 4.13. The summed E-state index contributed by atoms with van der Waals surface area (Å²) in [5.74, 6) is -0.890. The maximum absolute atomic E-state index is 12.2. The van der Waals surface area contributed by atoms with Gasteiger partial charge in [0.25, 0.3) is 0 Å². The molecule has 1 aromatic carbocycles. The van der Waals surface area contributed by atoms with Crippen molar-refractivity contribution in [2.75, 3.05) is 6.61 Å². The second-order valence-corrected chi connectivity index (χ2v) is 5.78. The van der Waals surface area contributed by atoms with Gasteiger partial charge in [0.1, 0.15) is 5.92 Å². The Balaban J connectivity index is 2.42. The third kappa shape index (κ3) is 3.54. The molecule has 4 nitrogen and oxygen atoms in total. The van der Waals surface area contributed by atoms with Gasteiger partial charge in [-0.1, -0.05) is 29.3 Å². The van der Waals surface area contributed by atoms with Crippen LogP contribution in [0.4, 0.5) is 0 Å². The minimum atomic E-state index is -0.547. The Morgan fingerprint density at radius 1 is 1.43 bits per heavy atom. The van der Waals surface area contributed by atoms with Crippen LogP contribution in [0.3, 0.4) is 0 Å². The predicted molar refractivity (Wildman–Crippen MR) is 88.2 cm³/mol. The van der Waals surface area contributed by atoms with Gasteiger partial charge in [-0.3, -0.25) is 4.79 Å². The molecule has 1 heterocycles. The number of hydrogen-bond donors (Lipinski definition) is 1. The molecule has 1 aromatic rings. The van der Waals surface area contributed by atoms with E-state index in [2.05, 4.69) is 10.3 Å².